The molecule has 6 nitrogen and oxygen atoms in total. The molecule has 1 aliphatic carbocycles. The standard InChI is InChI=1S/C25H20N4O2S2/c1-3-29(4-2)16-11-9-15(10-12-16)27-28-25-26-24-21(33-25)14-17(32-24)13-20-22(30)18-7-5-6-8-19(18)23(20)31/h5-14H,3-4H2,1-2H3. The molecule has 0 saturated carbocycles. The van der Waals surface area contributed by atoms with E-state index in [4.69, 9.17) is 0 Å². The Labute approximate surface area is 198 Å². The van der Waals surface area contributed by atoms with Crippen molar-refractivity contribution in [1.29, 1.82) is 0 Å². The zero-order valence-corrected chi connectivity index (χ0v) is 19.7. The van der Waals surface area contributed by atoms with Crippen LogP contribution in [0.15, 0.2) is 70.4 Å². The number of Topliss-reactive ketones (excluding diaryl/α,β-unsaturated/α-hetero) is 2. The predicted octanol–water partition coefficient (Wildman–Crippen LogP) is 7.08. The van der Waals surface area contributed by atoms with Crippen LogP contribution in [-0.4, -0.2) is 29.6 Å². The Hall–Kier alpha value is -3.49. The number of thiazole rings is 1. The first-order chi connectivity index (χ1) is 16.1. The number of carbonyl (C=O) groups is 2. The molecule has 0 bridgehead atoms. The van der Waals surface area contributed by atoms with Crippen molar-refractivity contribution in [3.63, 3.8) is 0 Å². The van der Waals surface area contributed by atoms with Crippen LogP contribution in [0.3, 0.4) is 0 Å². The summed E-state index contributed by atoms with van der Waals surface area (Å²) in [6.07, 6.45) is 1.67. The normalized spacial score (nSPS) is 13.3. The van der Waals surface area contributed by atoms with E-state index in [1.165, 1.54) is 22.7 Å². The third-order valence-corrected chi connectivity index (χ3v) is 7.51. The van der Waals surface area contributed by atoms with E-state index in [1.54, 1.807) is 30.3 Å². The summed E-state index contributed by atoms with van der Waals surface area (Å²) in [4.78, 5) is 33.7. The van der Waals surface area contributed by atoms with E-state index in [1.807, 2.05) is 30.3 Å². The van der Waals surface area contributed by atoms with E-state index in [2.05, 4.69) is 34.0 Å². The summed E-state index contributed by atoms with van der Waals surface area (Å²) >= 11 is 2.86. The Kier molecular flexibility index (Phi) is 5.70. The molecular weight excluding hydrogens is 452 g/mol. The Bertz CT molecular complexity index is 1360. The lowest BCUT2D eigenvalue weighted by atomic mass is 10.1. The highest BCUT2D eigenvalue weighted by atomic mass is 32.1. The van der Waals surface area contributed by atoms with Crippen molar-refractivity contribution in [1.82, 2.24) is 4.98 Å². The molecule has 1 aliphatic rings. The highest BCUT2D eigenvalue weighted by molar-refractivity contribution is 7.29. The van der Waals surface area contributed by atoms with E-state index >= 15 is 0 Å². The maximum Gasteiger partial charge on any atom is 0.231 e. The first-order valence-electron chi connectivity index (χ1n) is 10.6. The van der Waals surface area contributed by atoms with Crippen LogP contribution in [-0.2, 0) is 0 Å². The summed E-state index contributed by atoms with van der Waals surface area (Å²) in [5.74, 6) is -0.441. The van der Waals surface area contributed by atoms with Crippen LogP contribution in [0, 0.1) is 0 Å². The number of carbonyl (C=O) groups excluding carboxylic acids is 2. The molecule has 0 unspecified atom stereocenters. The summed E-state index contributed by atoms with van der Waals surface area (Å²) in [5, 5.41) is 9.17. The lowest BCUT2D eigenvalue weighted by Crippen LogP contribution is -2.21. The molecule has 2 aromatic heterocycles. The van der Waals surface area contributed by atoms with Crippen molar-refractivity contribution < 1.29 is 9.59 Å². The third-order valence-electron chi connectivity index (χ3n) is 5.52. The molecule has 0 N–H and O–H groups in total. The van der Waals surface area contributed by atoms with Crippen LogP contribution in [0.1, 0.15) is 39.4 Å². The van der Waals surface area contributed by atoms with E-state index < -0.39 is 0 Å². The molecule has 0 atom stereocenters. The monoisotopic (exact) mass is 472 g/mol. The number of anilines is 1. The minimum absolute atomic E-state index is 0.207. The van der Waals surface area contributed by atoms with Gasteiger partial charge in [-0.05, 0) is 50.3 Å². The van der Waals surface area contributed by atoms with Crippen LogP contribution in [0.2, 0.25) is 0 Å². The van der Waals surface area contributed by atoms with E-state index in [0.717, 1.165) is 38.9 Å². The molecule has 4 aromatic rings. The Morgan fingerprint density at radius 1 is 0.909 bits per heavy atom. The van der Waals surface area contributed by atoms with Crippen LogP contribution in [0.5, 0.6) is 0 Å². The SMILES string of the molecule is CCN(CC)c1ccc(N=Nc2nc3sc(C=C4C(=O)c5ccccc5C4=O)cc3s2)cc1. The molecule has 0 fully saturated rings. The minimum Gasteiger partial charge on any atom is -0.372 e. The zero-order valence-electron chi connectivity index (χ0n) is 18.1. The summed E-state index contributed by atoms with van der Waals surface area (Å²) < 4.78 is 0.952. The van der Waals surface area contributed by atoms with E-state index in [0.29, 0.717) is 16.3 Å². The molecule has 2 heterocycles. The van der Waals surface area contributed by atoms with Gasteiger partial charge in [0.05, 0.1) is 16.0 Å². The molecule has 0 spiro atoms. The number of hydrogen-bond donors (Lipinski definition) is 0. The first kappa shape index (κ1) is 21.4. The van der Waals surface area contributed by atoms with Gasteiger partial charge < -0.3 is 4.90 Å². The van der Waals surface area contributed by atoms with Crippen molar-refractivity contribution in [2.24, 2.45) is 10.2 Å². The molecule has 0 amide bonds. The fraction of sp³-hybridized carbons (Fsp3) is 0.160. The lowest BCUT2D eigenvalue weighted by Gasteiger charge is -2.20. The summed E-state index contributed by atoms with van der Waals surface area (Å²) in [6.45, 7) is 6.19. The van der Waals surface area contributed by atoms with Crippen molar-refractivity contribution in [3.8, 4) is 0 Å². The fourth-order valence-corrected chi connectivity index (χ4v) is 5.81. The van der Waals surface area contributed by atoms with Gasteiger partial charge in [0.25, 0.3) is 0 Å². The number of nitrogens with zero attached hydrogens (tertiary/aromatic N) is 4. The number of thiophene rings is 1. The molecule has 164 valence electrons. The van der Waals surface area contributed by atoms with Gasteiger partial charge in [-0.1, -0.05) is 35.6 Å². The fourth-order valence-electron chi connectivity index (χ4n) is 3.82. The third kappa shape index (κ3) is 4.03. The molecular formula is C25H20N4O2S2. The smallest absolute Gasteiger partial charge is 0.231 e. The van der Waals surface area contributed by atoms with Crippen LogP contribution >= 0.6 is 22.7 Å². The van der Waals surface area contributed by atoms with E-state index in [-0.39, 0.29) is 17.1 Å². The molecule has 33 heavy (non-hydrogen) atoms. The largest absolute Gasteiger partial charge is 0.372 e. The predicted molar refractivity (Wildman–Crippen MR) is 135 cm³/mol. The highest BCUT2D eigenvalue weighted by Crippen LogP contribution is 2.37. The van der Waals surface area contributed by atoms with Gasteiger partial charge in [-0.2, -0.15) is 0 Å². The van der Waals surface area contributed by atoms with Gasteiger partial charge in [-0.25, -0.2) is 4.98 Å². The van der Waals surface area contributed by atoms with E-state index in [9.17, 15) is 9.59 Å². The Morgan fingerprint density at radius 3 is 2.18 bits per heavy atom. The van der Waals surface area contributed by atoms with Gasteiger partial charge in [0.2, 0.25) is 5.13 Å². The zero-order chi connectivity index (χ0) is 22.9. The second kappa shape index (κ2) is 8.80. The highest BCUT2D eigenvalue weighted by Gasteiger charge is 2.32. The Balaban J connectivity index is 1.34. The molecule has 2 aromatic carbocycles. The van der Waals surface area contributed by atoms with Gasteiger partial charge in [0.1, 0.15) is 4.83 Å². The second-order valence-corrected chi connectivity index (χ2v) is 9.54. The molecule has 0 radical (unpaired) electrons. The minimum atomic E-state index is -0.221. The maximum atomic E-state index is 12.6. The number of hydrogen-bond acceptors (Lipinski definition) is 8. The molecule has 5 rings (SSSR count). The number of allylic oxidation sites excluding steroid dienone is 1. The van der Waals surface area contributed by atoms with Gasteiger partial charge in [-0.3, -0.25) is 9.59 Å². The summed E-state index contributed by atoms with van der Waals surface area (Å²) in [7, 11) is 0. The molecule has 8 heteroatoms. The van der Waals surface area contributed by atoms with Gasteiger partial charge >= 0.3 is 0 Å². The number of benzene rings is 2. The maximum absolute atomic E-state index is 12.6. The summed E-state index contributed by atoms with van der Waals surface area (Å²) in [6, 6.07) is 16.9. The molecule has 0 saturated heterocycles. The van der Waals surface area contributed by atoms with Crippen molar-refractivity contribution in [2.45, 2.75) is 13.8 Å². The second-order valence-electron chi connectivity index (χ2n) is 7.47. The van der Waals surface area contributed by atoms with Crippen LogP contribution < -0.4 is 4.90 Å². The topological polar surface area (TPSA) is 75.0 Å². The first-order valence-corrected chi connectivity index (χ1v) is 12.3. The van der Waals surface area contributed by atoms with Gasteiger partial charge in [-0.15, -0.1) is 21.6 Å². The van der Waals surface area contributed by atoms with Crippen LogP contribution in [0.4, 0.5) is 16.5 Å². The average molecular weight is 473 g/mol. The number of rotatable bonds is 6. The lowest BCUT2D eigenvalue weighted by molar-refractivity contribution is 0.0990. The van der Waals surface area contributed by atoms with Gasteiger partial charge in [0, 0.05) is 34.8 Å². The van der Waals surface area contributed by atoms with Crippen molar-refractivity contribution in [3.05, 3.63) is 76.2 Å². The summed E-state index contributed by atoms with van der Waals surface area (Å²) in [5.41, 5.74) is 3.08. The number of ketones is 2. The Morgan fingerprint density at radius 2 is 1.58 bits per heavy atom. The average Bonchev–Trinajstić information content (AvgIpc) is 3.46. The number of azo groups is 1. The van der Waals surface area contributed by atoms with Gasteiger partial charge in [0.15, 0.2) is 11.6 Å². The number of aromatic nitrogens is 1. The quantitative estimate of drug-likeness (QED) is 0.171. The number of fused-ring (bicyclic) bond motifs is 2. The van der Waals surface area contributed by atoms with Crippen molar-refractivity contribution in [2.75, 3.05) is 18.0 Å². The van der Waals surface area contributed by atoms with Crippen LogP contribution in [0.25, 0.3) is 15.6 Å². The van der Waals surface area contributed by atoms with Crippen molar-refractivity contribution >= 4 is 66.4 Å². The molecule has 0 aliphatic heterocycles.